The van der Waals surface area contributed by atoms with Gasteiger partial charge in [-0.2, -0.15) is 0 Å². The standard InChI is InChI=1S/C13H15N3OS/c1-9-8-18-13(15-9)16-12(17)11(7-14)10-5-3-2-4-6-10/h2-6,8,11H,7,14H2,1H3,(H,15,16,17). The molecule has 0 aliphatic heterocycles. The van der Waals surface area contributed by atoms with Crippen molar-refractivity contribution in [2.75, 3.05) is 11.9 Å². The number of rotatable bonds is 4. The highest BCUT2D eigenvalue weighted by molar-refractivity contribution is 7.13. The molecule has 2 aromatic rings. The lowest BCUT2D eigenvalue weighted by molar-refractivity contribution is -0.117. The molecule has 1 unspecified atom stereocenters. The highest BCUT2D eigenvalue weighted by atomic mass is 32.1. The zero-order chi connectivity index (χ0) is 13.0. The van der Waals surface area contributed by atoms with Gasteiger partial charge in [0.25, 0.3) is 0 Å². The van der Waals surface area contributed by atoms with E-state index in [2.05, 4.69) is 10.3 Å². The van der Waals surface area contributed by atoms with Crippen molar-refractivity contribution in [3.63, 3.8) is 0 Å². The number of carbonyl (C=O) groups excluding carboxylic acids is 1. The number of anilines is 1. The molecule has 5 heteroatoms. The molecule has 4 nitrogen and oxygen atoms in total. The van der Waals surface area contributed by atoms with Gasteiger partial charge in [-0.05, 0) is 12.5 Å². The molecule has 0 saturated carbocycles. The maximum atomic E-state index is 12.1. The summed E-state index contributed by atoms with van der Waals surface area (Å²) < 4.78 is 0. The molecule has 0 bridgehead atoms. The summed E-state index contributed by atoms with van der Waals surface area (Å²) in [7, 11) is 0. The lowest BCUT2D eigenvalue weighted by Gasteiger charge is -2.13. The molecular formula is C13H15N3OS. The predicted molar refractivity (Wildman–Crippen MR) is 73.7 cm³/mol. The summed E-state index contributed by atoms with van der Waals surface area (Å²) in [5.41, 5.74) is 7.51. The van der Waals surface area contributed by atoms with Crippen molar-refractivity contribution in [2.45, 2.75) is 12.8 Å². The first-order chi connectivity index (χ1) is 8.70. The van der Waals surface area contributed by atoms with Crippen LogP contribution < -0.4 is 11.1 Å². The van der Waals surface area contributed by atoms with Crippen molar-refractivity contribution in [1.29, 1.82) is 0 Å². The van der Waals surface area contributed by atoms with Crippen molar-refractivity contribution < 1.29 is 4.79 Å². The first-order valence-corrected chi connectivity index (χ1v) is 6.56. The summed E-state index contributed by atoms with van der Waals surface area (Å²) in [5.74, 6) is -0.451. The molecule has 1 heterocycles. The van der Waals surface area contributed by atoms with Gasteiger partial charge in [-0.3, -0.25) is 4.79 Å². The van der Waals surface area contributed by atoms with E-state index in [1.165, 1.54) is 11.3 Å². The second-order valence-electron chi connectivity index (χ2n) is 3.98. The monoisotopic (exact) mass is 261 g/mol. The van der Waals surface area contributed by atoms with Gasteiger partial charge in [0.1, 0.15) is 0 Å². The van der Waals surface area contributed by atoms with Gasteiger partial charge >= 0.3 is 0 Å². The fourth-order valence-corrected chi connectivity index (χ4v) is 2.37. The minimum atomic E-state index is -0.338. The maximum absolute atomic E-state index is 12.1. The number of nitrogens with one attached hydrogen (secondary N) is 1. The molecule has 2 rings (SSSR count). The number of nitrogens with zero attached hydrogens (tertiary/aromatic N) is 1. The average molecular weight is 261 g/mol. The number of nitrogens with two attached hydrogens (primary N) is 1. The van der Waals surface area contributed by atoms with Gasteiger partial charge in [-0.25, -0.2) is 4.98 Å². The van der Waals surface area contributed by atoms with Crippen LogP contribution in [0, 0.1) is 6.92 Å². The van der Waals surface area contributed by atoms with Crippen LogP contribution in [0.15, 0.2) is 35.7 Å². The summed E-state index contributed by atoms with van der Waals surface area (Å²) in [5, 5.41) is 5.32. The Bertz CT molecular complexity index is 524. The Hall–Kier alpha value is -1.72. The zero-order valence-corrected chi connectivity index (χ0v) is 10.9. The van der Waals surface area contributed by atoms with E-state index in [9.17, 15) is 4.79 Å². The second-order valence-corrected chi connectivity index (χ2v) is 4.84. The summed E-state index contributed by atoms with van der Waals surface area (Å²) in [4.78, 5) is 16.3. The second kappa shape index (κ2) is 5.75. The van der Waals surface area contributed by atoms with Crippen LogP contribution >= 0.6 is 11.3 Å². The molecule has 1 atom stereocenters. The topological polar surface area (TPSA) is 68.0 Å². The number of thiazole rings is 1. The van der Waals surface area contributed by atoms with Crippen molar-refractivity contribution in [3.8, 4) is 0 Å². The molecule has 1 aromatic carbocycles. The van der Waals surface area contributed by atoms with Gasteiger partial charge in [0, 0.05) is 11.9 Å². The summed E-state index contributed by atoms with van der Waals surface area (Å²) in [6.45, 7) is 2.17. The average Bonchev–Trinajstić information content (AvgIpc) is 2.77. The van der Waals surface area contributed by atoms with Crippen LogP contribution in [0.1, 0.15) is 17.2 Å². The van der Waals surface area contributed by atoms with E-state index in [1.807, 2.05) is 42.6 Å². The van der Waals surface area contributed by atoms with Crippen LogP contribution in [0.2, 0.25) is 0 Å². The van der Waals surface area contributed by atoms with Gasteiger partial charge in [0.05, 0.1) is 11.6 Å². The fourth-order valence-electron chi connectivity index (χ4n) is 1.68. The van der Waals surface area contributed by atoms with Crippen molar-refractivity contribution in [3.05, 3.63) is 47.0 Å². The first-order valence-electron chi connectivity index (χ1n) is 5.68. The predicted octanol–water partition coefficient (Wildman–Crippen LogP) is 2.13. The molecule has 0 radical (unpaired) electrons. The lowest BCUT2D eigenvalue weighted by atomic mass is 9.99. The number of carbonyl (C=O) groups is 1. The highest BCUT2D eigenvalue weighted by Gasteiger charge is 2.19. The SMILES string of the molecule is Cc1csc(NC(=O)C(CN)c2ccccc2)n1. The summed E-state index contributed by atoms with van der Waals surface area (Å²) >= 11 is 1.42. The Morgan fingerprint density at radius 2 is 2.17 bits per heavy atom. The van der Waals surface area contributed by atoms with Crippen molar-refractivity contribution in [1.82, 2.24) is 4.98 Å². The molecule has 3 N–H and O–H groups in total. The first kappa shape index (κ1) is 12.7. The number of amides is 1. The largest absolute Gasteiger partial charge is 0.329 e. The minimum absolute atomic E-state index is 0.113. The molecule has 0 spiro atoms. The lowest BCUT2D eigenvalue weighted by Crippen LogP contribution is -2.27. The Morgan fingerprint density at radius 1 is 1.44 bits per heavy atom. The number of hydrogen-bond acceptors (Lipinski definition) is 4. The third-order valence-corrected chi connectivity index (χ3v) is 3.48. The number of hydrogen-bond donors (Lipinski definition) is 2. The molecule has 0 fully saturated rings. The summed E-state index contributed by atoms with van der Waals surface area (Å²) in [6.07, 6.45) is 0. The molecule has 1 aromatic heterocycles. The third kappa shape index (κ3) is 2.94. The molecule has 0 aliphatic rings. The van der Waals surface area contributed by atoms with E-state index in [1.54, 1.807) is 0 Å². The molecule has 18 heavy (non-hydrogen) atoms. The number of aryl methyl sites for hydroxylation is 1. The maximum Gasteiger partial charge on any atom is 0.234 e. The van der Waals surface area contributed by atoms with Gasteiger partial charge in [-0.1, -0.05) is 30.3 Å². The van der Waals surface area contributed by atoms with Gasteiger partial charge < -0.3 is 11.1 Å². The highest BCUT2D eigenvalue weighted by Crippen LogP contribution is 2.19. The Kier molecular flexibility index (Phi) is 4.07. The van der Waals surface area contributed by atoms with Crippen LogP contribution in [0.5, 0.6) is 0 Å². The molecule has 94 valence electrons. The zero-order valence-electron chi connectivity index (χ0n) is 10.1. The van der Waals surface area contributed by atoms with Crippen LogP contribution in [0.3, 0.4) is 0 Å². The van der Waals surface area contributed by atoms with E-state index >= 15 is 0 Å². The normalized spacial score (nSPS) is 12.1. The quantitative estimate of drug-likeness (QED) is 0.886. The van der Waals surface area contributed by atoms with Crippen molar-refractivity contribution in [2.24, 2.45) is 5.73 Å². The van der Waals surface area contributed by atoms with E-state index in [4.69, 9.17) is 5.73 Å². The molecule has 0 saturated heterocycles. The minimum Gasteiger partial charge on any atom is -0.329 e. The Labute approximate surface area is 110 Å². The number of aromatic nitrogens is 1. The van der Waals surface area contributed by atoms with Crippen molar-refractivity contribution >= 4 is 22.4 Å². The smallest absolute Gasteiger partial charge is 0.234 e. The summed E-state index contributed by atoms with van der Waals surface area (Å²) in [6, 6.07) is 9.53. The van der Waals surface area contributed by atoms with Crippen LogP contribution in [-0.4, -0.2) is 17.4 Å². The third-order valence-electron chi connectivity index (χ3n) is 2.60. The van der Waals surface area contributed by atoms with Crippen LogP contribution in [0.25, 0.3) is 0 Å². The Balaban J connectivity index is 2.11. The Morgan fingerprint density at radius 3 is 2.72 bits per heavy atom. The van der Waals surface area contributed by atoms with Gasteiger partial charge in [-0.15, -0.1) is 11.3 Å². The number of benzene rings is 1. The van der Waals surface area contributed by atoms with Crippen LogP contribution in [0.4, 0.5) is 5.13 Å². The van der Waals surface area contributed by atoms with Crippen LogP contribution in [-0.2, 0) is 4.79 Å². The van der Waals surface area contributed by atoms with Gasteiger partial charge in [0.2, 0.25) is 5.91 Å². The molecular weight excluding hydrogens is 246 g/mol. The van der Waals surface area contributed by atoms with Gasteiger partial charge in [0.15, 0.2) is 5.13 Å². The van der Waals surface area contributed by atoms with E-state index in [0.717, 1.165) is 11.3 Å². The van der Waals surface area contributed by atoms with E-state index in [0.29, 0.717) is 5.13 Å². The van der Waals surface area contributed by atoms with E-state index < -0.39 is 0 Å². The fraction of sp³-hybridized carbons (Fsp3) is 0.231. The molecule has 0 aliphatic carbocycles. The van der Waals surface area contributed by atoms with E-state index in [-0.39, 0.29) is 18.4 Å². The molecule has 1 amide bonds.